The Balaban J connectivity index is 2.59. The molecule has 5 nitrogen and oxygen atoms in total. The number of carbonyl (C=O) groups excluding carboxylic acids is 1. The SMILES string of the molecule is Cc1n[nH]c(-c2cccnc2)c1C(N)=O. The molecular weight excluding hydrogens is 192 g/mol. The number of hydrogen-bond acceptors (Lipinski definition) is 3. The number of rotatable bonds is 2. The molecule has 2 aromatic rings. The second kappa shape index (κ2) is 3.53. The molecule has 0 saturated heterocycles. The number of carbonyl (C=O) groups is 1. The highest BCUT2D eigenvalue weighted by atomic mass is 16.1. The number of aryl methyl sites for hydroxylation is 1. The third-order valence-corrected chi connectivity index (χ3v) is 2.14. The topological polar surface area (TPSA) is 84.7 Å². The van der Waals surface area contributed by atoms with E-state index in [0.717, 1.165) is 5.56 Å². The first-order valence-electron chi connectivity index (χ1n) is 4.45. The van der Waals surface area contributed by atoms with E-state index in [4.69, 9.17) is 5.73 Å². The van der Waals surface area contributed by atoms with Crippen LogP contribution in [0.15, 0.2) is 24.5 Å². The van der Waals surface area contributed by atoms with Crippen molar-refractivity contribution in [1.82, 2.24) is 15.2 Å². The number of nitrogens with zero attached hydrogens (tertiary/aromatic N) is 2. The molecule has 0 aromatic carbocycles. The number of aromatic amines is 1. The maximum atomic E-state index is 11.2. The molecule has 0 radical (unpaired) electrons. The van der Waals surface area contributed by atoms with Gasteiger partial charge in [-0.15, -0.1) is 0 Å². The van der Waals surface area contributed by atoms with E-state index in [0.29, 0.717) is 17.0 Å². The fourth-order valence-electron chi connectivity index (χ4n) is 1.45. The quantitative estimate of drug-likeness (QED) is 0.758. The van der Waals surface area contributed by atoms with Crippen molar-refractivity contribution < 1.29 is 4.79 Å². The maximum Gasteiger partial charge on any atom is 0.252 e. The van der Waals surface area contributed by atoms with Gasteiger partial charge in [-0.3, -0.25) is 14.9 Å². The molecule has 0 unspecified atom stereocenters. The number of pyridine rings is 1. The van der Waals surface area contributed by atoms with Crippen LogP contribution in [0.2, 0.25) is 0 Å². The van der Waals surface area contributed by atoms with Crippen LogP contribution < -0.4 is 5.73 Å². The average molecular weight is 202 g/mol. The molecule has 0 atom stereocenters. The van der Waals surface area contributed by atoms with Gasteiger partial charge < -0.3 is 5.73 Å². The summed E-state index contributed by atoms with van der Waals surface area (Å²) < 4.78 is 0. The molecule has 0 bridgehead atoms. The molecular formula is C10H10N4O. The second-order valence-corrected chi connectivity index (χ2v) is 3.16. The average Bonchev–Trinajstić information content (AvgIpc) is 2.61. The monoisotopic (exact) mass is 202 g/mol. The first-order valence-corrected chi connectivity index (χ1v) is 4.45. The van der Waals surface area contributed by atoms with Gasteiger partial charge in [0.1, 0.15) is 0 Å². The predicted octanol–water partition coefficient (Wildman–Crippen LogP) is 0.879. The van der Waals surface area contributed by atoms with Crippen LogP contribution in [-0.2, 0) is 0 Å². The number of hydrogen-bond donors (Lipinski definition) is 2. The van der Waals surface area contributed by atoms with Gasteiger partial charge in [0.05, 0.1) is 17.0 Å². The molecule has 2 heterocycles. The minimum atomic E-state index is -0.486. The lowest BCUT2D eigenvalue weighted by molar-refractivity contribution is 0.100. The molecule has 2 rings (SSSR count). The first kappa shape index (κ1) is 9.39. The van der Waals surface area contributed by atoms with Crippen molar-refractivity contribution in [2.75, 3.05) is 0 Å². The number of amides is 1. The predicted molar refractivity (Wildman–Crippen MR) is 55.1 cm³/mol. The van der Waals surface area contributed by atoms with Crippen LogP contribution in [-0.4, -0.2) is 21.1 Å². The van der Waals surface area contributed by atoms with Crippen molar-refractivity contribution in [3.63, 3.8) is 0 Å². The summed E-state index contributed by atoms with van der Waals surface area (Å²) in [6.07, 6.45) is 3.32. The molecule has 2 aromatic heterocycles. The molecule has 3 N–H and O–H groups in total. The molecule has 0 aliphatic carbocycles. The number of H-pyrrole nitrogens is 1. The lowest BCUT2D eigenvalue weighted by Crippen LogP contribution is -2.12. The van der Waals surface area contributed by atoms with E-state index in [-0.39, 0.29) is 0 Å². The van der Waals surface area contributed by atoms with Crippen LogP contribution in [0.1, 0.15) is 16.1 Å². The van der Waals surface area contributed by atoms with Gasteiger partial charge in [-0.1, -0.05) is 0 Å². The van der Waals surface area contributed by atoms with Crippen LogP contribution in [0.5, 0.6) is 0 Å². The van der Waals surface area contributed by atoms with E-state index >= 15 is 0 Å². The summed E-state index contributed by atoms with van der Waals surface area (Å²) in [6.45, 7) is 1.73. The normalized spacial score (nSPS) is 10.2. The van der Waals surface area contributed by atoms with Crippen LogP contribution in [0.25, 0.3) is 11.3 Å². The van der Waals surface area contributed by atoms with Crippen molar-refractivity contribution in [3.05, 3.63) is 35.8 Å². The smallest absolute Gasteiger partial charge is 0.252 e. The van der Waals surface area contributed by atoms with Gasteiger partial charge in [-0.05, 0) is 19.1 Å². The van der Waals surface area contributed by atoms with Gasteiger partial charge in [0, 0.05) is 18.0 Å². The number of primary amides is 1. The number of nitrogens with one attached hydrogen (secondary N) is 1. The van der Waals surface area contributed by atoms with Crippen molar-refractivity contribution in [1.29, 1.82) is 0 Å². The Kier molecular flexibility index (Phi) is 2.21. The van der Waals surface area contributed by atoms with E-state index in [1.165, 1.54) is 0 Å². The van der Waals surface area contributed by atoms with Crippen LogP contribution in [0.3, 0.4) is 0 Å². The van der Waals surface area contributed by atoms with Gasteiger partial charge in [-0.2, -0.15) is 5.10 Å². The Labute approximate surface area is 86.3 Å². The zero-order chi connectivity index (χ0) is 10.8. The standard InChI is InChI=1S/C10H10N4O/c1-6-8(10(11)15)9(14-13-6)7-3-2-4-12-5-7/h2-5H,1H3,(H2,11,15)(H,13,14). The van der Waals surface area contributed by atoms with E-state index < -0.39 is 5.91 Å². The fraction of sp³-hybridized carbons (Fsp3) is 0.100. The van der Waals surface area contributed by atoms with Crippen molar-refractivity contribution in [2.24, 2.45) is 5.73 Å². The van der Waals surface area contributed by atoms with Gasteiger partial charge in [-0.25, -0.2) is 0 Å². The van der Waals surface area contributed by atoms with E-state index in [2.05, 4.69) is 15.2 Å². The lowest BCUT2D eigenvalue weighted by Gasteiger charge is -1.99. The summed E-state index contributed by atoms with van der Waals surface area (Å²) in [5.74, 6) is -0.486. The highest BCUT2D eigenvalue weighted by Crippen LogP contribution is 2.21. The van der Waals surface area contributed by atoms with Crippen LogP contribution >= 0.6 is 0 Å². The molecule has 15 heavy (non-hydrogen) atoms. The van der Waals surface area contributed by atoms with Crippen LogP contribution in [0, 0.1) is 6.92 Å². The van der Waals surface area contributed by atoms with Gasteiger partial charge in [0.15, 0.2) is 0 Å². The number of nitrogens with two attached hydrogens (primary N) is 1. The zero-order valence-corrected chi connectivity index (χ0v) is 8.19. The highest BCUT2D eigenvalue weighted by Gasteiger charge is 2.16. The highest BCUT2D eigenvalue weighted by molar-refractivity contribution is 5.99. The Bertz CT molecular complexity index is 489. The van der Waals surface area contributed by atoms with Crippen molar-refractivity contribution in [2.45, 2.75) is 6.92 Å². The van der Waals surface area contributed by atoms with Gasteiger partial charge >= 0.3 is 0 Å². The van der Waals surface area contributed by atoms with E-state index in [1.54, 1.807) is 25.4 Å². The summed E-state index contributed by atoms with van der Waals surface area (Å²) in [4.78, 5) is 15.2. The molecule has 0 saturated carbocycles. The minimum absolute atomic E-state index is 0.419. The van der Waals surface area contributed by atoms with Gasteiger partial charge in [0.2, 0.25) is 0 Å². The minimum Gasteiger partial charge on any atom is -0.365 e. The third kappa shape index (κ3) is 1.59. The molecule has 5 heteroatoms. The molecule has 0 aliphatic rings. The van der Waals surface area contributed by atoms with E-state index in [9.17, 15) is 4.79 Å². The Morgan fingerprint density at radius 3 is 2.93 bits per heavy atom. The Morgan fingerprint density at radius 1 is 1.53 bits per heavy atom. The molecule has 0 aliphatic heterocycles. The fourth-order valence-corrected chi connectivity index (χ4v) is 1.45. The zero-order valence-electron chi connectivity index (χ0n) is 8.19. The van der Waals surface area contributed by atoms with Gasteiger partial charge in [0.25, 0.3) is 5.91 Å². The second-order valence-electron chi connectivity index (χ2n) is 3.16. The molecule has 0 fully saturated rings. The van der Waals surface area contributed by atoms with Crippen molar-refractivity contribution >= 4 is 5.91 Å². The largest absolute Gasteiger partial charge is 0.365 e. The van der Waals surface area contributed by atoms with Crippen molar-refractivity contribution in [3.8, 4) is 11.3 Å². The summed E-state index contributed by atoms with van der Waals surface area (Å²) in [5.41, 5.74) is 7.71. The molecule has 0 spiro atoms. The number of aromatic nitrogens is 3. The maximum absolute atomic E-state index is 11.2. The third-order valence-electron chi connectivity index (χ3n) is 2.14. The summed E-state index contributed by atoms with van der Waals surface area (Å²) in [6, 6.07) is 3.63. The summed E-state index contributed by atoms with van der Waals surface area (Å²) >= 11 is 0. The van der Waals surface area contributed by atoms with E-state index in [1.807, 2.05) is 6.07 Å². The summed E-state index contributed by atoms with van der Waals surface area (Å²) in [7, 11) is 0. The first-order chi connectivity index (χ1) is 7.20. The molecule has 76 valence electrons. The Morgan fingerprint density at radius 2 is 2.33 bits per heavy atom. The molecule has 1 amide bonds. The summed E-state index contributed by atoms with van der Waals surface area (Å²) in [5, 5.41) is 6.74. The lowest BCUT2D eigenvalue weighted by atomic mass is 10.1. The Hall–Kier alpha value is -2.17. The van der Waals surface area contributed by atoms with Crippen LogP contribution in [0.4, 0.5) is 0 Å².